The lowest BCUT2D eigenvalue weighted by Crippen LogP contribution is -2.34. The first-order valence-corrected chi connectivity index (χ1v) is 3.98. The van der Waals surface area contributed by atoms with E-state index in [-0.39, 0.29) is 0 Å². The average Bonchev–Trinajstić information content (AvgIpc) is 2.16. The van der Waals surface area contributed by atoms with Crippen LogP contribution in [0.3, 0.4) is 0 Å². The highest BCUT2D eigenvalue weighted by Crippen LogP contribution is 2.09. The van der Waals surface area contributed by atoms with Crippen LogP contribution in [0.5, 0.6) is 0 Å². The lowest BCUT2D eigenvalue weighted by molar-refractivity contribution is -0.194. The lowest BCUT2D eigenvalue weighted by Gasteiger charge is -2.23. The highest BCUT2D eigenvalue weighted by Gasteiger charge is 2.22. The fourth-order valence-electron chi connectivity index (χ4n) is 1.01. The zero-order valence-corrected chi connectivity index (χ0v) is 8.52. The summed E-state index contributed by atoms with van der Waals surface area (Å²) in [4.78, 5) is 0. The Bertz CT molecular complexity index is 111. The molecule has 1 unspecified atom stereocenters. The Morgan fingerprint density at radius 1 is 0.923 bits per heavy atom. The summed E-state index contributed by atoms with van der Waals surface area (Å²) >= 11 is 0. The van der Waals surface area contributed by atoms with Crippen LogP contribution in [0.25, 0.3) is 0 Å². The van der Waals surface area contributed by atoms with Crippen molar-refractivity contribution in [1.82, 2.24) is 0 Å². The Labute approximate surface area is 78.5 Å². The monoisotopic (exact) mass is 194 g/mol. The molecular formula is C8H18O5. The molecule has 0 heterocycles. The molecule has 0 bridgehead atoms. The van der Waals surface area contributed by atoms with Gasteiger partial charge < -0.3 is 24.1 Å². The third kappa shape index (κ3) is 4.54. The maximum Gasteiger partial charge on any atom is 0.182 e. The average molecular weight is 194 g/mol. The number of methoxy groups -OCH3 is 4. The smallest absolute Gasteiger partial charge is 0.182 e. The molecule has 0 aliphatic heterocycles. The number of ether oxygens (including phenoxy) is 4. The van der Waals surface area contributed by atoms with Crippen LogP contribution in [0.4, 0.5) is 0 Å². The summed E-state index contributed by atoms with van der Waals surface area (Å²) in [5.74, 6) is 0. The van der Waals surface area contributed by atoms with E-state index in [4.69, 9.17) is 18.9 Å². The van der Waals surface area contributed by atoms with Crippen LogP contribution in [-0.4, -0.2) is 52.2 Å². The second kappa shape index (κ2) is 7.23. The summed E-state index contributed by atoms with van der Waals surface area (Å²) in [5, 5.41) is 9.53. The topological polar surface area (TPSA) is 57.2 Å². The van der Waals surface area contributed by atoms with E-state index < -0.39 is 18.7 Å². The minimum absolute atomic E-state index is 0.305. The van der Waals surface area contributed by atoms with Crippen molar-refractivity contribution in [3.05, 3.63) is 0 Å². The van der Waals surface area contributed by atoms with Gasteiger partial charge in [0.2, 0.25) is 0 Å². The predicted octanol–water partition coefficient (Wildman–Crippen LogP) is -0.0248. The molecule has 0 aromatic heterocycles. The second-order valence-corrected chi connectivity index (χ2v) is 2.54. The van der Waals surface area contributed by atoms with Crippen LogP contribution in [0.15, 0.2) is 0 Å². The van der Waals surface area contributed by atoms with Gasteiger partial charge in [0.15, 0.2) is 12.6 Å². The summed E-state index contributed by atoms with van der Waals surface area (Å²) in [7, 11) is 5.95. The van der Waals surface area contributed by atoms with Gasteiger partial charge >= 0.3 is 0 Å². The van der Waals surface area contributed by atoms with E-state index in [1.165, 1.54) is 28.4 Å². The van der Waals surface area contributed by atoms with Crippen LogP contribution in [-0.2, 0) is 18.9 Å². The standard InChI is InChI=1S/C8H18O5/c1-10-7(11-2)5-6(9)8(12-3)13-4/h6-9H,5H2,1-4H3. The molecule has 5 heteroatoms. The highest BCUT2D eigenvalue weighted by atomic mass is 16.7. The number of aliphatic hydroxyl groups is 1. The van der Waals surface area contributed by atoms with Crippen molar-refractivity contribution in [2.75, 3.05) is 28.4 Å². The van der Waals surface area contributed by atoms with E-state index in [2.05, 4.69) is 0 Å². The molecule has 0 aromatic rings. The first-order valence-electron chi connectivity index (χ1n) is 3.98. The molecule has 0 rings (SSSR count). The van der Waals surface area contributed by atoms with Crippen LogP contribution in [0, 0.1) is 0 Å². The van der Waals surface area contributed by atoms with Crippen molar-refractivity contribution >= 4 is 0 Å². The normalized spacial score (nSPS) is 14.1. The van der Waals surface area contributed by atoms with Gasteiger partial charge in [-0.3, -0.25) is 0 Å². The molecule has 0 amide bonds. The van der Waals surface area contributed by atoms with Gasteiger partial charge in [-0.2, -0.15) is 0 Å². The first-order chi connectivity index (χ1) is 6.19. The third-order valence-electron chi connectivity index (χ3n) is 1.74. The molecule has 13 heavy (non-hydrogen) atoms. The van der Waals surface area contributed by atoms with Crippen molar-refractivity contribution in [2.45, 2.75) is 25.1 Å². The molecule has 0 radical (unpaired) electrons. The van der Waals surface area contributed by atoms with Gasteiger partial charge in [-0.1, -0.05) is 0 Å². The minimum Gasteiger partial charge on any atom is -0.388 e. The second-order valence-electron chi connectivity index (χ2n) is 2.54. The molecule has 1 N–H and O–H groups in total. The van der Waals surface area contributed by atoms with Gasteiger partial charge in [-0.15, -0.1) is 0 Å². The predicted molar refractivity (Wildman–Crippen MR) is 46.2 cm³/mol. The summed E-state index contributed by atoms with van der Waals surface area (Å²) in [6.07, 6.45) is -1.55. The van der Waals surface area contributed by atoms with Gasteiger partial charge in [0.1, 0.15) is 6.10 Å². The van der Waals surface area contributed by atoms with Gasteiger partial charge in [-0.05, 0) is 0 Å². The summed E-state index contributed by atoms with van der Waals surface area (Å²) in [6, 6.07) is 0. The number of hydrogen-bond donors (Lipinski definition) is 1. The van der Waals surface area contributed by atoms with Gasteiger partial charge in [-0.25, -0.2) is 0 Å². The quantitative estimate of drug-likeness (QED) is 0.577. The van der Waals surface area contributed by atoms with Gasteiger partial charge in [0.25, 0.3) is 0 Å². The van der Waals surface area contributed by atoms with Crippen molar-refractivity contribution in [1.29, 1.82) is 0 Å². The Morgan fingerprint density at radius 3 is 1.69 bits per heavy atom. The molecule has 0 saturated carbocycles. The summed E-state index contributed by atoms with van der Waals surface area (Å²) in [6.45, 7) is 0. The van der Waals surface area contributed by atoms with E-state index >= 15 is 0 Å². The Hall–Kier alpha value is -0.200. The number of aliphatic hydroxyl groups excluding tert-OH is 1. The fraction of sp³-hybridized carbons (Fsp3) is 1.00. The minimum atomic E-state index is -0.764. The third-order valence-corrected chi connectivity index (χ3v) is 1.74. The molecule has 80 valence electrons. The van der Waals surface area contributed by atoms with Crippen molar-refractivity contribution in [3.63, 3.8) is 0 Å². The van der Waals surface area contributed by atoms with Gasteiger partial charge in [0.05, 0.1) is 0 Å². The van der Waals surface area contributed by atoms with Crippen LogP contribution in [0.2, 0.25) is 0 Å². The maximum atomic E-state index is 9.53. The maximum absolute atomic E-state index is 9.53. The molecule has 1 atom stereocenters. The first kappa shape index (κ1) is 12.8. The number of hydrogen-bond acceptors (Lipinski definition) is 5. The fourth-order valence-corrected chi connectivity index (χ4v) is 1.01. The van der Waals surface area contributed by atoms with Crippen molar-refractivity contribution in [2.24, 2.45) is 0 Å². The molecular weight excluding hydrogens is 176 g/mol. The van der Waals surface area contributed by atoms with Crippen molar-refractivity contribution in [3.8, 4) is 0 Å². The van der Waals surface area contributed by atoms with E-state index in [9.17, 15) is 5.11 Å². The molecule has 0 aliphatic rings. The van der Waals surface area contributed by atoms with E-state index in [1.54, 1.807) is 0 Å². The van der Waals surface area contributed by atoms with E-state index in [1.807, 2.05) is 0 Å². The van der Waals surface area contributed by atoms with Crippen molar-refractivity contribution < 1.29 is 24.1 Å². The highest BCUT2D eigenvalue weighted by molar-refractivity contribution is 4.61. The van der Waals surface area contributed by atoms with E-state index in [0.29, 0.717) is 6.42 Å². The zero-order chi connectivity index (χ0) is 10.3. The van der Waals surface area contributed by atoms with Crippen LogP contribution in [0.1, 0.15) is 6.42 Å². The molecule has 0 fully saturated rings. The summed E-state index contributed by atoms with van der Waals surface area (Å²) < 4.78 is 19.6. The van der Waals surface area contributed by atoms with Gasteiger partial charge in [0, 0.05) is 34.9 Å². The van der Waals surface area contributed by atoms with Crippen LogP contribution < -0.4 is 0 Å². The Morgan fingerprint density at radius 2 is 1.38 bits per heavy atom. The van der Waals surface area contributed by atoms with E-state index in [0.717, 1.165) is 0 Å². The SMILES string of the molecule is COC(CC(O)C(OC)OC)OC. The summed E-state index contributed by atoms with van der Waals surface area (Å²) in [5.41, 5.74) is 0. The molecule has 0 aliphatic carbocycles. The molecule has 0 spiro atoms. The lowest BCUT2D eigenvalue weighted by atomic mass is 10.2. The molecule has 0 saturated heterocycles. The number of rotatable bonds is 7. The molecule has 0 aromatic carbocycles. The zero-order valence-electron chi connectivity index (χ0n) is 8.52. The Balaban J connectivity index is 3.87. The Kier molecular flexibility index (Phi) is 7.12. The molecule has 5 nitrogen and oxygen atoms in total. The largest absolute Gasteiger partial charge is 0.388 e. The van der Waals surface area contributed by atoms with Crippen LogP contribution >= 0.6 is 0 Å².